The number of carboxylic acids is 1. The molecule has 3 N–H and O–H groups in total. The molecule has 1 fully saturated rings. The zero-order chi connectivity index (χ0) is 15.8. The van der Waals surface area contributed by atoms with Crippen molar-refractivity contribution in [3.05, 3.63) is 0 Å². The van der Waals surface area contributed by atoms with Gasteiger partial charge in [-0.1, -0.05) is 6.92 Å². The Balaban J connectivity index is 2.27. The third-order valence-electron chi connectivity index (χ3n) is 3.46. The zero-order valence-corrected chi connectivity index (χ0v) is 12.7. The molecule has 3 amide bonds. The van der Waals surface area contributed by atoms with E-state index in [1.165, 1.54) is 0 Å². The van der Waals surface area contributed by atoms with E-state index in [0.29, 0.717) is 0 Å². The molecule has 7 nitrogen and oxygen atoms in total. The molecule has 7 heteroatoms. The smallest absolute Gasteiger partial charge is 0.317 e. The summed E-state index contributed by atoms with van der Waals surface area (Å²) >= 11 is 0. The second-order valence-corrected chi connectivity index (χ2v) is 5.43. The molecule has 0 spiro atoms. The fraction of sp³-hybridized carbons (Fsp3) is 0.786. The third kappa shape index (κ3) is 6.97. The van der Waals surface area contributed by atoms with Gasteiger partial charge in [-0.3, -0.25) is 9.59 Å². The maximum atomic E-state index is 12.0. The fourth-order valence-electron chi connectivity index (χ4n) is 1.89. The summed E-state index contributed by atoms with van der Waals surface area (Å²) in [5.74, 6) is -1.01. The Morgan fingerprint density at radius 1 is 1.29 bits per heavy atom. The predicted molar refractivity (Wildman–Crippen MR) is 77.9 cm³/mol. The highest BCUT2D eigenvalue weighted by Crippen LogP contribution is 2.26. The van der Waals surface area contributed by atoms with E-state index in [0.717, 1.165) is 19.3 Å². The average molecular weight is 299 g/mol. The van der Waals surface area contributed by atoms with Crippen LogP contribution < -0.4 is 10.6 Å². The Kier molecular flexibility index (Phi) is 6.98. The lowest BCUT2D eigenvalue weighted by Crippen LogP contribution is -2.44. The number of urea groups is 1. The number of nitrogens with one attached hydrogen (secondary N) is 2. The van der Waals surface area contributed by atoms with E-state index in [1.807, 2.05) is 13.8 Å². The van der Waals surface area contributed by atoms with Gasteiger partial charge in [0.1, 0.15) is 0 Å². The van der Waals surface area contributed by atoms with E-state index in [1.54, 1.807) is 4.90 Å². The lowest BCUT2D eigenvalue weighted by molar-refractivity contribution is -0.137. The Bertz CT molecular complexity index is 382. The van der Waals surface area contributed by atoms with Crippen LogP contribution in [0.25, 0.3) is 0 Å². The molecule has 120 valence electrons. The van der Waals surface area contributed by atoms with E-state index < -0.39 is 5.97 Å². The first-order valence-electron chi connectivity index (χ1n) is 7.49. The summed E-state index contributed by atoms with van der Waals surface area (Å²) in [7, 11) is 0. The van der Waals surface area contributed by atoms with Gasteiger partial charge in [0.25, 0.3) is 0 Å². The lowest BCUT2D eigenvalue weighted by Gasteiger charge is -2.22. The molecule has 0 aliphatic heterocycles. The van der Waals surface area contributed by atoms with Gasteiger partial charge in [0.2, 0.25) is 5.91 Å². The van der Waals surface area contributed by atoms with Crippen LogP contribution >= 0.6 is 0 Å². The van der Waals surface area contributed by atoms with Gasteiger partial charge in [-0.15, -0.1) is 0 Å². The van der Waals surface area contributed by atoms with Gasteiger partial charge in [-0.2, -0.15) is 0 Å². The summed E-state index contributed by atoms with van der Waals surface area (Å²) in [6, 6.07) is 0.000103. The van der Waals surface area contributed by atoms with Crippen molar-refractivity contribution in [2.45, 2.75) is 58.0 Å². The van der Waals surface area contributed by atoms with Gasteiger partial charge in [-0.25, -0.2) is 4.79 Å². The van der Waals surface area contributed by atoms with Crippen LogP contribution in [0.4, 0.5) is 4.79 Å². The maximum absolute atomic E-state index is 12.0. The van der Waals surface area contributed by atoms with Crippen molar-refractivity contribution in [2.24, 2.45) is 0 Å². The van der Waals surface area contributed by atoms with Gasteiger partial charge in [0.15, 0.2) is 0 Å². The standard InChI is InChI=1S/C14H25N3O4/c1-3-10(2)16-12(18)6-8-15-14(21)17(11-4-5-11)9-7-13(19)20/h10-11H,3-9H2,1-2H3,(H,15,21)(H,16,18)(H,19,20). The van der Waals surface area contributed by atoms with E-state index in [4.69, 9.17) is 5.11 Å². The minimum absolute atomic E-state index is 0.0571. The molecule has 0 saturated heterocycles. The SMILES string of the molecule is CCC(C)NC(=O)CCNC(=O)N(CCC(=O)O)C1CC1. The number of carbonyl (C=O) groups is 3. The lowest BCUT2D eigenvalue weighted by atomic mass is 10.2. The Labute approximate surface area is 125 Å². The number of nitrogens with zero attached hydrogens (tertiary/aromatic N) is 1. The molecular weight excluding hydrogens is 274 g/mol. The third-order valence-corrected chi connectivity index (χ3v) is 3.46. The number of rotatable bonds is 9. The molecular formula is C14H25N3O4. The van der Waals surface area contributed by atoms with Gasteiger partial charge < -0.3 is 20.6 Å². The number of hydrogen-bond acceptors (Lipinski definition) is 3. The Morgan fingerprint density at radius 3 is 2.48 bits per heavy atom. The van der Waals surface area contributed by atoms with E-state index in [9.17, 15) is 14.4 Å². The summed E-state index contributed by atoms with van der Waals surface area (Å²) in [6.07, 6.45) is 2.87. The molecule has 0 heterocycles. The van der Waals surface area contributed by atoms with Crippen molar-refractivity contribution in [2.75, 3.05) is 13.1 Å². The molecule has 0 bridgehead atoms. The highest BCUT2D eigenvalue weighted by Gasteiger charge is 2.32. The molecule has 1 unspecified atom stereocenters. The van der Waals surface area contributed by atoms with E-state index in [-0.39, 0.29) is 50.0 Å². The van der Waals surface area contributed by atoms with Crippen LogP contribution in [0.15, 0.2) is 0 Å². The minimum Gasteiger partial charge on any atom is -0.481 e. The van der Waals surface area contributed by atoms with Crippen molar-refractivity contribution < 1.29 is 19.5 Å². The Hall–Kier alpha value is -1.79. The Morgan fingerprint density at radius 2 is 1.95 bits per heavy atom. The number of amides is 3. The van der Waals surface area contributed by atoms with Crippen LogP contribution in [0, 0.1) is 0 Å². The normalized spacial score (nSPS) is 15.1. The molecule has 1 saturated carbocycles. The van der Waals surface area contributed by atoms with Gasteiger partial charge in [0, 0.05) is 31.6 Å². The zero-order valence-electron chi connectivity index (χ0n) is 12.7. The van der Waals surface area contributed by atoms with Crippen molar-refractivity contribution in [1.29, 1.82) is 0 Å². The van der Waals surface area contributed by atoms with Crippen LogP contribution in [0.2, 0.25) is 0 Å². The minimum atomic E-state index is -0.915. The van der Waals surface area contributed by atoms with Crippen LogP contribution in [-0.4, -0.2) is 53.1 Å². The average Bonchev–Trinajstić information content (AvgIpc) is 3.23. The first-order valence-corrected chi connectivity index (χ1v) is 7.49. The van der Waals surface area contributed by atoms with Gasteiger partial charge in [0.05, 0.1) is 6.42 Å². The van der Waals surface area contributed by atoms with Crippen molar-refractivity contribution in [3.8, 4) is 0 Å². The van der Waals surface area contributed by atoms with Crippen molar-refractivity contribution in [1.82, 2.24) is 15.5 Å². The van der Waals surface area contributed by atoms with E-state index in [2.05, 4.69) is 10.6 Å². The van der Waals surface area contributed by atoms with Crippen LogP contribution in [0.3, 0.4) is 0 Å². The molecule has 0 aromatic rings. The highest BCUT2D eigenvalue weighted by molar-refractivity contribution is 5.79. The topological polar surface area (TPSA) is 98.7 Å². The van der Waals surface area contributed by atoms with E-state index >= 15 is 0 Å². The molecule has 0 aromatic carbocycles. The van der Waals surface area contributed by atoms with Crippen LogP contribution in [-0.2, 0) is 9.59 Å². The summed E-state index contributed by atoms with van der Waals surface area (Å²) in [5.41, 5.74) is 0. The number of hydrogen-bond donors (Lipinski definition) is 3. The number of carboxylic acid groups (broad SMARTS) is 1. The summed E-state index contributed by atoms with van der Waals surface area (Å²) in [4.78, 5) is 35.7. The largest absolute Gasteiger partial charge is 0.481 e. The molecule has 1 aliphatic carbocycles. The molecule has 21 heavy (non-hydrogen) atoms. The van der Waals surface area contributed by atoms with Gasteiger partial charge in [-0.05, 0) is 26.2 Å². The van der Waals surface area contributed by atoms with Crippen molar-refractivity contribution in [3.63, 3.8) is 0 Å². The summed E-state index contributed by atoms with van der Waals surface area (Å²) in [6.45, 7) is 4.39. The summed E-state index contributed by atoms with van der Waals surface area (Å²) < 4.78 is 0. The summed E-state index contributed by atoms with van der Waals surface area (Å²) in [5, 5.41) is 14.2. The van der Waals surface area contributed by atoms with Gasteiger partial charge >= 0.3 is 12.0 Å². The first-order chi connectivity index (χ1) is 9.93. The number of aliphatic carboxylic acids is 1. The second-order valence-electron chi connectivity index (χ2n) is 5.43. The molecule has 1 atom stereocenters. The maximum Gasteiger partial charge on any atom is 0.317 e. The van der Waals surface area contributed by atoms with Crippen LogP contribution in [0.1, 0.15) is 46.0 Å². The molecule has 0 aromatic heterocycles. The predicted octanol–water partition coefficient (Wildman–Crippen LogP) is 0.940. The van der Waals surface area contributed by atoms with Crippen LogP contribution in [0.5, 0.6) is 0 Å². The second kappa shape index (κ2) is 8.49. The first kappa shape index (κ1) is 17.3. The molecule has 1 aliphatic rings. The highest BCUT2D eigenvalue weighted by atomic mass is 16.4. The quantitative estimate of drug-likeness (QED) is 0.590. The molecule has 1 rings (SSSR count). The molecule has 0 radical (unpaired) electrons. The fourth-order valence-corrected chi connectivity index (χ4v) is 1.89. The van der Waals surface area contributed by atoms with Crippen molar-refractivity contribution >= 4 is 17.9 Å². The monoisotopic (exact) mass is 299 g/mol. The number of carbonyl (C=O) groups excluding carboxylic acids is 2.